The zero-order chi connectivity index (χ0) is 13.5. The van der Waals surface area contributed by atoms with Gasteiger partial charge >= 0.3 is 0 Å². The minimum Gasteiger partial charge on any atom is -0.0842 e. The standard InChI is InChI=1S/C20H16/c1-2-3-6-16-13-17-9-4-7-14-11-12-15-8-5-10-18(16)20(15)19(14)17/h3-13H,2H2,1H3/b6-3+. The lowest BCUT2D eigenvalue weighted by Crippen LogP contribution is -1.86. The first-order chi connectivity index (χ1) is 9.88. The average molecular weight is 256 g/mol. The number of allylic oxidation sites excluding steroid dienone is 1. The van der Waals surface area contributed by atoms with Gasteiger partial charge in [0.05, 0.1) is 0 Å². The van der Waals surface area contributed by atoms with E-state index < -0.39 is 0 Å². The Balaban J connectivity index is 2.27. The van der Waals surface area contributed by atoms with Crippen molar-refractivity contribution in [2.75, 3.05) is 0 Å². The van der Waals surface area contributed by atoms with Gasteiger partial charge in [0.2, 0.25) is 0 Å². The maximum absolute atomic E-state index is 2.32. The van der Waals surface area contributed by atoms with Gasteiger partial charge in [0.15, 0.2) is 0 Å². The van der Waals surface area contributed by atoms with Crippen LogP contribution in [0.15, 0.2) is 60.7 Å². The van der Waals surface area contributed by atoms with Crippen LogP contribution in [0.2, 0.25) is 0 Å². The summed E-state index contributed by atoms with van der Waals surface area (Å²) in [6, 6.07) is 20.0. The van der Waals surface area contributed by atoms with Gasteiger partial charge in [-0.1, -0.05) is 67.6 Å². The highest BCUT2D eigenvalue weighted by atomic mass is 14.1. The van der Waals surface area contributed by atoms with Crippen LogP contribution in [0.5, 0.6) is 0 Å². The van der Waals surface area contributed by atoms with Crippen molar-refractivity contribution >= 4 is 38.4 Å². The first-order valence-corrected chi connectivity index (χ1v) is 7.21. The second kappa shape index (κ2) is 4.35. The van der Waals surface area contributed by atoms with E-state index in [4.69, 9.17) is 0 Å². The SMILES string of the molecule is CC/C=C/c1cc2cccc3ccc4cccc1c4c32. The molecule has 0 heterocycles. The van der Waals surface area contributed by atoms with E-state index in [0.717, 1.165) is 6.42 Å². The number of hydrogen-bond acceptors (Lipinski definition) is 0. The molecule has 0 bridgehead atoms. The summed E-state index contributed by atoms with van der Waals surface area (Å²) in [5, 5.41) is 8.15. The van der Waals surface area contributed by atoms with Crippen molar-refractivity contribution < 1.29 is 0 Å². The molecule has 0 aliphatic heterocycles. The number of rotatable bonds is 2. The summed E-state index contributed by atoms with van der Waals surface area (Å²) in [6.07, 6.45) is 5.56. The summed E-state index contributed by atoms with van der Waals surface area (Å²) in [5.41, 5.74) is 1.32. The van der Waals surface area contributed by atoms with Crippen molar-refractivity contribution in [1.29, 1.82) is 0 Å². The Morgan fingerprint density at radius 1 is 0.800 bits per heavy atom. The van der Waals surface area contributed by atoms with Crippen LogP contribution in [0.25, 0.3) is 38.4 Å². The molecule has 0 saturated carbocycles. The molecule has 0 unspecified atom stereocenters. The van der Waals surface area contributed by atoms with Gasteiger partial charge < -0.3 is 0 Å². The molecule has 0 N–H and O–H groups in total. The lowest BCUT2D eigenvalue weighted by molar-refractivity contribution is 1.23. The summed E-state index contributed by atoms with van der Waals surface area (Å²) >= 11 is 0. The largest absolute Gasteiger partial charge is 0.0842 e. The fraction of sp³-hybridized carbons (Fsp3) is 0.100. The van der Waals surface area contributed by atoms with E-state index in [0.29, 0.717) is 0 Å². The van der Waals surface area contributed by atoms with E-state index >= 15 is 0 Å². The molecule has 0 nitrogen and oxygen atoms in total. The maximum Gasteiger partial charge on any atom is -0.00208 e. The fourth-order valence-corrected chi connectivity index (χ4v) is 3.17. The predicted octanol–water partition coefficient (Wildman–Crippen LogP) is 6.01. The van der Waals surface area contributed by atoms with Crippen LogP contribution in [0.3, 0.4) is 0 Å². The molecule has 0 aromatic heterocycles. The first kappa shape index (κ1) is 11.5. The molecule has 20 heavy (non-hydrogen) atoms. The summed E-state index contributed by atoms with van der Waals surface area (Å²) < 4.78 is 0. The second-order valence-corrected chi connectivity index (χ2v) is 5.32. The van der Waals surface area contributed by atoms with Gasteiger partial charge in [0, 0.05) is 0 Å². The van der Waals surface area contributed by atoms with Crippen molar-refractivity contribution in [2.24, 2.45) is 0 Å². The highest BCUT2D eigenvalue weighted by molar-refractivity contribution is 6.24. The maximum atomic E-state index is 2.32. The average Bonchev–Trinajstić information content (AvgIpc) is 2.51. The van der Waals surface area contributed by atoms with Crippen LogP contribution >= 0.6 is 0 Å². The molecule has 0 heteroatoms. The van der Waals surface area contributed by atoms with Gasteiger partial charge in [0.1, 0.15) is 0 Å². The van der Waals surface area contributed by atoms with Crippen LogP contribution < -0.4 is 0 Å². The molecule has 0 fully saturated rings. The predicted molar refractivity (Wildman–Crippen MR) is 89.5 cm³/mol. The van der Waals surface area contributed by atoms with Crippen LogP contribution in [0, 0.1) is 0 Å². The zero-order valence-corrected chi connectivity index (χ0v) is 11.6. The monoisotopic (exact) mass is 256 g/mol. The molecule has 0 radical (unpaired) electrons. The fourth-order valence-electron chi connectivity index (χ4n) is 3.17. The second-order valence-electron chi connectivity index (χ2n) is 5.32. The molecule has 0 atom stereocenters. The molecule has 4 rings (SSSR count). The topological polar surface area (TPSA) is 0 Å². The van der Waals surface area contributed by atoms with Crippen molar-refractivity contribution in [3.8, 4) is 0 Å². The Hall–Kier alpha value is -2.34. The third kappa shape index (κ3) is 1.55. The van der Waals surface area contributed by atoms with E-state index in [1.54, 1.807) is 0 Å². The summed E-state index contributed by atoms with van der Waals surface area (Å²) in [5.74, 6) is 0. The van der Waals surface area contributed by atoms with Crippen LogP contribution in [-0.4, -0.2) is 0 Å². The van der Waals surface area contributed by atoms with Gasteiger partial charge in [-0.25, -0.2) is 0 Å². The molecule has 4 aromatic rings. The summed E-state index contributed by atoms with van der Waals surface area (Å²) in [4.78, 5) is 0. The van der Waals surface area contributed by atoms with Gasteiger partial charge in [-0.15, -0.1) is 0 Å². The quantitative estimate of drug-likeness (QED) is 0.385. The molecule has 0 spiro atoms. The Labute approximate surface area is 118 Å². The van der Waals surface area contributed by atoms with E-state index in [1.807, 2.05) is 0 Å². The van der Waals surface area contributed by atoms with E-state index in [-0.39, 0.29) is 0 Å². The first-order valence-electron chi connectivity index (χ1n) is 7.21. The number of benzene rings is 4. The van der Waals surface area contributed by atoms with Gasteiger partial charge in [0.25, 0.3) is 0 Å². The summed E-state index contributed by atoms with van der Waals surface area (Å²) in [6.45, 7) is 2.18. The molecule has 4 aromatic carbocycles. The third-order valence-electron chi connectivity index (χ3n) is 4.07. The minimum absolute atomic E-state index is 1.07. The van der Waals surface area contributed by atoms with E-state index in [9.17, 15) is 0 Å². The van der Waals surface area contributed by atoms with Crippen molar-refractivity contribution in [3.63, 3.8) is 0 Å². The Kier molecular flexibility index (Phi) is 2.50. The Morgan fingerprint density at radius 3 is 2.30 bits per heavy atom. The van der Waals surface area contributed by atoms with E-state index in [1.165, 1.54) is 37.9 Å². The molecule has 0 saturated heterocycles. The lowest BCUT2D eigenvalue weighted by atomic mass is 9.91. The molecule has 96 valence electrons. The molecule has 0 aliphatic rings. The minimum atomic E-state index is 1.07. The zero-order valence-electron chi connectivity index (χ0n) is 11.6. The Morgan fingerprint density at radius 2 is 1.50 bits per heavy atom. The highest BCUT2D eigenvalue weighted by Gasteiger charge is 2.09. The Bertz CT molecular complexity index is 929. The molecule has 0 aliphatic carbocycles. The van der Waals surface area contributed by atoms with Crippen LogP contribution in [0.4, 0.5) is 0 Å². The molecular formula is C20H16. The molecule has 0 amide bonds. The van der Waals surface area contributed by atoms with E-state index in [2.05, 4.69) is 73.7 Å². The van der Waals surface area contributed by atoms with Gasteiger partial charge in [-0.3, -0.25) is 0 Å². The van der Waals surface area contributed by atoms with Crippen LogP contribution in [-0.2, 0) is 0 Å². The van der Waals surface area contributed by atoms with Crippen molar-refractivity contribution in [2.45, 2.75) is 13.3 Å². The van der Waals surface area contributed by atoms with Crippen molar-refractivity contribution in [1.82, 2.24) is 0 Å². The van der Waals surface area contributed by atoms with Crippen LogP contribution in [0.1, 0.15) is 18.9 Å². The normalized spacial score (nSPS) is 12.2. The molecular weight excluding hydrogens is 240 g/mol. The lowest BCUT2D eigenvalue weighted by Gasteiger charge is -2.12. The van der Waals surface area contributed by atoms with Crippen molar-refractivity contribution in [3.05, 3.63) is 66.2 Å². The third-order valence-corrected chi connectivity index (χ3v) is 4.07. The van der Waals surface area contributed by atoms with Gasteiger partial charge in [-0.2, -0.15) is 0 Å². The highest BCUT2D eigenvalue weighted by Crippen LogP contribution is 2.36. The smallest absolute Gasteiger partial charge is 0.00208 e. The summed E-state index contributed by atoms with van der Waals surface area (Å²) in [7, 11) is 0. The van der Waals surface area contributed by atoms with Gasteiger partial charge in [-0.05, 0) is 50.4 Å². The number of hydrogen-bond donors (Lipinski definition) is 0.